The lowest BCUT2D eigenvalue weighted by molar-refractivity contribution is 0.229. The van der Waals surface area contributed by atoms with Crippen molar-refractivity contribution in [2.75, 3.05) is 32.1 Å². The molecule has 5 nitrogen and oxygen atoms in total. The Kier molecular flexibility index (Phi) is 4.60. The maximum Gasteiger partial charge on any atom is 0.318 e. The average Bonchev–Trinajstić information content (AvgIpc) is 2.42. The Bertz CT molecular complexity index is 394. The summed E-state index contributed by atoms with van der Waals surface area (Å²) in [6.45, 7) is 5.55. The van der Waals surface area contributed by atoms with Gasteiger partial charge in [0.05, 0.1) is 13.3 Å². The fraction of sp³-hybridized carbons (Fsp3) is 0.667. The summed E-state index contributed by atoms with van der Waals surface area (Å²) in [5.74, 6) is 0.665. The lowest BCUT2D eigenvalue weighted by Gasteiger charge is -2.31. The summed E-state index contributed by atoms with van der Waals surface area (Å²) in [6, 6.07) is 0.762. The molecule has 0 atom stereocenters. The smallest absolute Gasteiger partial charge is 0.318 e. The van der Waals surface area contributed by atoms with Crippen LogP contribution in [0.4, 0.5) is 5.82 Å². The summed E-state index contributed by atoms with van der Waals surface area (Å²) in [5.41, 5.74) is 0. The summed E-state index contributed by atoms with van der Waals surface area (Å²) >= 11 is 6.07. The van der Waals surface area contributed by atoms with E-state index in [9.17, 15) is 0 Å². The first kappa shape index (κ1) is 13.4. The topological polar surface area (TPSA) is 50.3 Å². The van der Waals surface area contributed by atoms with E-state index in [2.05, 4.69) is 27.1 Å². The van der Waals surface area contributed by atoms with Crippen molar-refractivity contribution in [1.82, 2.24) is 14.9 Å². The largest absolute Gasteiger partial charge is 0.467 e. The molecule has 100 valence electrons. The summed E-state index contributed by atoms with van der Waals surface area (Å²) in [4.78, 5) is 10.6. The third kappa shape index (κ3) is 3.23. The molecule has 0 amide bonds. The zero-order valence-corrected chi connectivity index (χ0v) is 11.6. The number of aromatic nitrogens is 2. The second-order valence-electron chi connectivity index (χ2n) is 4.41. The molecule has 0 radical (unpaired) electrons. The van der Waals surface area contributed by atoms with Gasteiger partial charge in [0.25, 0.3) is 0 Å². The Balaban J connectivity index is 1.97. The Morgan fingerprint density at radius 2 is 2.22 bits per heavy atom. The van der Waals surface area contributed by atoms with E-state index in [0.717, 1.165) is 32.5 Å². The van der Waals surface area contributed by atoms with Crippen LogP contribution in [0.3, 0.4) is 0 Å². The van der Waals surface area contributed by atoms with E-state index in [4.69, 9.17) is 16.3 Å². The van der Waals surface area contributed by atoms with Gasteiger partial charge in [0.2, 0.25) is 0 Å². The average molecular weight is 271 g/mol. The minimum atomic E-state index is 0.341. The van der Waals surface area contributed by atoms with Gasteiger partial charge < -0.3 is 15.0 Å². The van der Waals surface area contributed by atoms with Crippen molar-refractivity contribution in [3.63, 3.8) is 0 Å². The van der Waals surface area contributed by atoms with Gasteiger partial charge in [-0.15, -0.1) is 0 Å². The highest BCUT2D eigenvalue weighted by molar-refractivity contribution is 6.32. The molecule has 1 aliphatic heterocycles. The monoisotopic (exact) mass is 270 g/mol. The van der Waals surface area contributed by atoms with E-state index in [1.165, 1.54) is 0 Å². The van der Waals surface area contributed by atoms with Gasteiger partial charge in [-0.2, -0.15) is 4.98 Å². The number of hydrogen-bond acceptors (Lipinski definition) is 5. The minimum absolute atomic E-state index is 0.341. The summed E-state index contributed by atoms with van der Waals surface area (Å²) in [7, 11) is 1.55. The molecule has 0 unspecified atom stereocenters. The number of nitrogens with zero attached hydrogens (tertiary/aromatic N) is 3. The second kappa shape index (κ2) is 6.20. The highest BCUT2D eigenvalue weighted by Crippen LogP contribution is 2.23. The normalized spacial score (nSPS) is 17.7. The number of rotatable bonds is 4. The van der Waals surface area contributed by atoms with Gasteiger partial charge in [0.15, 0.2) is 5.82 Å². The molecule has 1 aromatic rings. The molecule has 0 aromatic carbocycles. The lowest BCUT2D eigenvalue weighted by atomic mass is 10.1. The van der Waals surface area contributed by atoms with Crippen LogP contribution in [0, 0.1) is 0 Å². The molecule has 1 saturated heterocycles. The Morgan fingerprint density at radius 1 is 1.50 bits per heavy atom. The van der Waals surface area contributed by atoms with E-state index in [0.29, 0.717) is 22.9 Å². The highest BCUT2D eigenvalue weighted by Gasteiger charge is 2.19. The molecule has 0 bridgehead atoms. The van der Waals surface area contributed by atoms with Gasteiger partial charge in [-0.1, -0.05) is 18.5 Å². The maximum atomic E-state index is 6.07. The number of hydrogen-bond donors (Lipinski definition) is 1. The van der Waals surface area contributed by atoms with Crippen LogP contribution in [0.5, 0.6) is 6.01 Å². The molecule has 1 fully saturated rings. The third-order valence-corrected chi connectivity index (χ3v) is 3.56. The van der Waals surface area contributed by atoms with Gasteiger partial charge in [-0.3, -0.25) is 0 Å². The van der Waals surface area contributed by atoms with E-state index in [1.54, 1.807) is 13.3 Å². The van der Waals surface area contributed by atoms with Gasteiger partial charge in [0, 0.05) is 19.1 Å². The second-order valence-corrected chi connectivity index (χ2v) is 4.81. The first-order valence-corrected chi connectivity index (χ1v) is 6.66. The number of halogens is 1. The van der Waals surface area contributed by atoms with Crippen LogP contribution >= 0.6 is 11.6 Å². The number of ether oxygens (including phenoxy) is 1. The van der Waals surface area contributed by atoms with Crippen molar-refractivity contribution in [2.24, 2.45) is 0 Å². The van der Waals surface area contributed by atoms with Crippen LogP contribution in [-0.2, 0) is 0 Å². The Morgan fingerprint density at radius 3 is 2.83 bits per heavy atom. The fourth-order valence-electron chi connectivity index (χ4n) is 2.14. The van der Waals surface area contributed by atoms with Crippen molar-refractivity contribution in [2.45, 2.75) is 25.8 Å². The molecule has 0 aliphatic carbocycles. The van der Waals surface area contributed by atoms with Gasteiger partial charge in [-0.05, 0) is 19.4 Å². The predicted molar refractivity (Wildman–Crippen MR) is 72.4 cm³/mol. The number of methoxy groups -OCH3 is 1. The number of likely N-dealkylation sites (tertiary alicyclic amines) is 1. The summed E-state index contributed by atoms with van der Waals surface area (Å²) < 4.78 is 5.00. The Labute approximate surface area is 113 Å². The zero-order valence-electron chi connectivity index (χ0n) is 10.8. The van der Waals surface area contributed by atoms with E-state index in [1.807, 2.05) is 0 Å². The van der Waals surface area contributed by atoms with E-state index < -0.39 is 0 Å². The number of piperidine rings is 1. The van der Waals surface area contributed by atoms with E-state index >= 15 is 0 Å². The predicted octanol–water partition coefficient (Wildman–Crippen LogP) is 2.03. The zero-order chi connectivity index (χ0) is 13.0. The molecule has 2 heterocycles. The molecule has 6 heteroatoms. The van der Waals surface area contributed by atoms with Crippen LogP contribution in [0.15, 0.2) is 6.20 Å². The molecule has 0 saturated carbocycles. The van der Waals surface area contributed by atoms with Crippen LogP contribution in [0.1, 0.15) is 19.8 Å². The summed E-state index contributed by atoms with van der Waals surface area (Å²) in [5, 5.41) is 3.91. The van der Waals surface area contributed by atoms with Crippen LogP contribution in [0.25, 0.3) is 0 Å². The SMILES string of the molecule is CCN1CCC(Nc2nc(OC)ncc2Cl)CC1. The quantitative estimate of drug-likeness (QED) is 0.907. The molecule has 1 N–H and O–H groups in total. The number of nitrogens with one attached hydrogen (secondary N) is 1. The van der Waals surface area contributed by atoms with Crippen molar-refractivity contribution in [3.8, 4) is 6.01 Å². The van der Waals surface area contributed by atoms with Gasteiger partial charge >= 0.3 is 6.01 Å². The lowest BCUT2D eigenvalue weighted by Crippen LogP contribution is -2.39. The van der Waals surface area contributed by atoms with Crippen LogP contribution in [0.2, 0.25) is 5.02 Å². The first-order valence-electron chi connectivity index (χ1n) is 6.28. The third-order valence-electron chi connectivity index (χ3n) is 3.28. The molecule has 18 heavy (non-hydrogen) atoms. The summed E-state index contributed by atoms with van der Waals surface area (Å²) in [6.07, 6.45) is 3.78. The highest BCUT2D eigenvalue weighted by atomic mass is 35.5. The van der Waals surface area contributed by atoms with Crippen LogP contribution < -0.4 is 10.1 Å². The Hall–Kier alpha value is -1.07. The van der Waals surface area contributed by atoms with Crippen molar-refractivity contribution < 1.29 is 4.74 Å². The maximum absolute atomic E-state index is 6.07. The number of anilines is 1. The van der Waals surface area contributed by atoms with Crippen molar-refractivity contribution in [3.05, 3.63) is 11.2 Å². The molecule has 1 aliphatic rings. The standard InChI is InChI=1S/C12H19ClN4O/c1-3-17-6-4-9(5-7-17)15-11-10(13)8-14-12(16-11)18-2/h8-9H,3-7H2,1-2H3,(H,14,15,16). The van der Waals surface area contributed by atoms with E-state index in [-0.39, 0.29) is 0 Å². The van der Waals surface area contributed by atoms with Crippen LogP contribution in [-0.4, -0.2) is 47.7 Å². The fourth-order valence-corrected chi connectivity index (χ4v) is 2.28. The first-order chi connectivity index (χ1) is 8.72. The van der Waals surface area contributed by atoms with Gasteiger partial charge in [0.1, 0.15) is 5.02 Å². The minimum Gasteiger partial charge on any atom is -0.467 e. The molecule has 0 spiro atoms. The molecule has 1 aromatic heterocycles. The molecular weight excluding hydrogens is 252 g/mol. The van der Waals surface area contributed by atoms with Crippen molar-refractivity contribution in [1.29, 1.82) is 0 Å². The van der Waals surface area contributed by atoms with Gasteiger partial charge in [-0.25, -0.2) is 4.98 Å². The van der Waals surface area contributed by atoms with Crippen molar-refractivity contribution >= 4 is 17.4 Å². The molecule has 2 rings (SSSR count). The molecular formula is C12H19ClN4O.